The molecule has 0 fully saturated rings. The molecule has 0 aromatic carbocycles. The molecule has 4 nitrogen and oxygen atoms in total. The third-order valence-corrected chi connectivity index (χ3v) is 2.16. The number of methoxy groups -OCH3 is 1. The fraction of sp³-hybridized carbons (Fsp3) is 0.250. The highest BCUT2D eigenvalue weighted by atomic mass is 79.9. The maximum Gasteiger partial charge on any atom is 0.311 e. The smallest absolute Gasteiger partial charge is 0.311 e. The number of rotatable bonds is 2. The number of nitrogens with two attached hydrogens (primary N) is 1. The van der Waals surface area contributed by atoms with Crippen LogP contribution in [0.1, 0.15) is 5.69 Å². The molecule has 1 aromatic rings. The lowest BCUT2D eigenvalue weighted by Gasteiger charge is -2.02. The number of pyridine rings is 1. The summed E-state index contributed by atoms with van der Waals surface area (Å²) in [4.78, 5) is 14.9. The van der Waals surface area contributed by atoms with Crippen LogP contribution >= 0.6 is 15.9 Å². The Kier molecular flexibility index (Phi) is 3.25. The largest absolute Gasteiger partial charge is 0.469 e. The molecular weight excluding hydrogens is 236 g/mol. The van der Waals surface area contributed by atoms with E-state index in [0.717, 1.165) is 4.47 Å². The Labute approximate surface area is 84.2 Å². The van der Waals surface area contributed by atoms with Crippen molar-refractivity contribution in [2.24, 2.45) is 0 Å². The van der Waals surface area contributed by atoms with Crippen molar-refractivity contribution in [3.8, 4) is 0 Å². The number of halogens is 1. The number of carbonyl (C=O) groups excluding carboxylic acids is 1. The predicted molar refractivity (Wildman–Crippen MR) is 52.1 cm³/mol. The van der Waals surface area contributed by atoms with Gasteiger partial charge in [-0.2, -0.15) is 0 Å². The van der Waals surface area contributed by atoms with Crippen LogP contribution in [0.4, 0.5) is 5.69 Å². The molecule has 70 valence electrons. The fourth-order valence-electron chi connectivity index (χ4n) is 0.820. The molecule has 0 amide bonds. The van der Waals surface area contributed by atoms with E-state index in [1.165, 1.54) is 13.3 Å². The molecule has 13 heavy (non-hydrogen) atoms. The second kappa shape index (κ2) is 4.23. The van der Waals surface area contributed by atoms with Gasteiger partial charge in [-0.1, -0.05) is 0 Å². The maximum atomic E-state index is 10.9. The summed E-state index contributed by atoms with van der Waals surface area (Å²) in [6, 6.07) is 1.70. The first-order valence-electron chi connectivity index (χ1n) is 3.60. The zero-order valence-corrected chi connectivity index (χ0v) is 8.67. The lowest BCUT2D eigenvalue weighted by molar-refractivity contribution is -0.139. The van der Waals surface area contributed by atoms with E-state index < -0.39 is 0 Å². The predicted octanol–water partition coefficient (Wildman–Crippen LogP) is 1.14. The highest BCUT2D eigenvalue weighted by Crippen LogP contribution is 2.17. The summed E-state index contributed by atoms with van der Waals surface area (Å²) < 4.78 is 5.23. The average molecular weight is 245 g/mol. The van der Waals surface area contributed by atoms with Crippen molar-refractivity contribution < 1.29 is 9.53 Å². The van der Waals surface area contributed by atoms with Crippen LogP contribution in [-0.4, -0.2) is 18.1 Å². The monoisotopic (exact) mass is 244 g/mol. The molecule has 5 heteroatoms. The number of aromatic nitrogens is 1. The molecular formula is C8H9BrN2O2. The third kappa shape index (κ3) is 2.69. The normalized spacial score (nSPS) is 9.69. The Bertz CT molecular complexity index is 328. The van der Waals surface area contributed by atoms with E-state index in [4.69, 9.17) is 5.73 Å². The van der Waals surface area contributed by atoms with Crippen molar-refractivity contribution in [3.05, 3.63) is 22.4 Å². The number of anilines is 1. The minimum Gasteiger partial charge on any atom is -0.469 e. The summed E-state index contributed by atoms with van der Waals surface area (Å²) >= 11 is 3.25. The number of hydrogen-bond acceptors (Lipinski definition) is 4. The van der Waals surface area contributed by atoms with Gasteiger partial charge in [0.05, 0.1) is 31.1 Å². The van der Waals surface area contributed by atoms with Crippen LogP contribution in [0.3, 0.4) is 0 Å². The van der Waals surface area contributed by atoms with E-state index in [0.29, 0.717) is 11.4 Å². The van der Waals surface area contributed by atoms with Crippen molar-refractivity contribution in [1.29, 1.82) is 0 Å². The molecule has 0 saturated carbocycles. The van der Waals surface area contributed by atoms with Gasteiger partial charge in [-0.15, -0.1) is 0 Å². The summed E-state index contributed by atoms with van der Waals surface area (Å²) in [6.45, 7) is 0. The van der Waals surface area contributed by atoms with Gasteiger partial charge in [-0.25, -0.2) is 0 Å². The van der Waals surface area contributed by atoms with Gasteiger partial charge < -0.3 is 10.5 Å². The molecule has 1 heterocycles. The number of carbonyl (C=O) groups is 1. The van der Waals surface area contributed by atoms with E-state index in [-0.39, 0.29) is 12.4 Å². The highest BCUT2D eigenvalue weighted by molar-refractivity contribution is 9.10. The Balaban J connectivity index is 2.83. The second-order valence-corrected chi connectivity index (χ2v) is 3.30. The van der Waals surface area contributed by atoms with Crippen molar-refractivity contribution in [3.63, 3.8) is 0 Å². The first-order chi connectivity index (χ1) is 6.13. The quantitative estimate of drug-likeness (QED) is 0.793. The molecule has 0 radical (unpaired) electrons. The lowest BCUT2D eigenvalue weighted by Crippen LogP contribution is -2.07. The summed E-state index contributed by atoms with van der Waals surface area (Å²) in [5.41, 5.74) is 6.66. The van der Waals surface area contributed by atoms with E-state index in [9.17, 15) is 4.79 Å². The van der Waals surface area contributed by atoms with Crippen LogP contribution in [0.15, 0.2) is 16.7 Å². The Morgan fingerprint density at radius 2 is 2.46 bits per heavy atom. The molecule has 1 rings (SSSR count). The average Bonchev–Trinajstić information content (AvgIpc) is 2.09. The molecule has 0 unspecified atom stereocenters. The van der Waals surface area contributed by atoms with Gasteiger partial charge in [-0.05, 0) is 22.0 Å². The Morgan fingerprint density at radius 1 is 1.77 bits per heavy atom. The number of esters is 1. The number of hydrogen-bond donors (Lipinski definition) is 1. The van der Waals surface area contributed by atoms with Crippen LogP contribution in [-0.2, 0) is 16.0 Å². The minimum atomic E-state index is -0.321. The maximum absolute atomic E-state index is 10.9. The van der Waals surface area contributed by atoms with Gasteiger partial charge in [0.25, 0.3) is 0 Å². The number of nitrogens with zero attached hydrogens (tertiary/aromatic N) is 1. The Morgan fingerprint density at radius 3 is 3.00 bits per heavy atom. The standard InChI is InChI=1S/C8H9BrN2O2/c1-13-8(12)3-7-6(9)2-5(10)4-11-7/h2,4H,3,10H2,1H3. The van der Waals surface area contributed by atoms with E-state index in [2.05, 4.69) is 25.7 Å². The topological polar surface area (TPSA) is 65.2 Å². The first-order valence-corrected chi connectivity index (χ1v) is 4.39. The van der Waals surface area contributed by atoms with Crippen molar-refractivity contribution in [2.45, 2.75) is 6.42 Å². The zero-order valence-electron chi connectivity index (χ0n) is 7.08. The van der Waals surface area contributed by atoms with Gasteiger partial charge in [0.15, 0.2) is 0 Å². The third-order valence-electron chi connectivity index (χ3n) is 1.48. The summed E-state index contributed by atoms with van der Waals surface area (Å²) in [6.07, 6.45) is 1.65. The van der Waals surface area contributed by atoms with Crippen LogP contribution < -0.4 is 5.73 Å². The van der Waals surface area contributed by atoms with E-state index in [1.807, 2.05) is 0 Å². The Hall–Kier alpha value is -1.10. The fourth-order valence-corrected chi connectivity index (χ4v) is 1.33. The molecule has 0 aliphatic heterocycles. The van der Waals surface area contributed by atoms with Gasteiger partial charge in [0, 0.05) is 4.47 Å². The van der Waals surface area contributed by atoms with Crippen molar-refractivity contribution in [1.82, 2.24) is 4.98 Å². The van der Waals surface area contributed by atoms with Crippen LogP contribution in [0.5, 0.6) is 0 Å². The lowest BCUT2D eigenvalue weighted by atomic mass is 10.2. The van der Waals surface area contributed by atoms with E-state index >= 15 is 0 Å². The number of ether oxygens (including phenoxy) is 1. The second-order valence-electron chi connectivity index (χ2n) is 2.45. The number of nitrogen functional groups attached to an aromatic ring is 1. The zero-order chi connectivity index (χ0) is 9.84. The minimum absolute atomic E-state index is 0.150. The molecule has 0 saturated heterocycles. The molecule has 0 bridgehead atoms. The van der Waals surface area contributed by atoms with Gasteiger partial charge in [0.2, 0.25) is 0 Å². The van der Waals surface area contributed by atoms with Gasteiger partial charge in [0.1, 0.15) is 0 Å². The van der Waals surface area contributed by atoms with Crippen molar-refractivity contribution in [2.75, 3.05) is 12.8 Å². The summed E-state index contributed by atoms with van der Waals surface area (Å²) in [7, 11) is 1.34. The molecule has 0 atom stereocenters. The molecule has 2 N–H and O–H groups in total. The van der Waals surface area contributed by atoms with Crippen LogP contribution in [0.25, 0.3) is 0 Å². The first kappa shape index (κ1) is 9.98. The van der Waals surface area contributed by atoms with E-state index in [1.54, 1.807) is 6.07 Å². The molecule has 0 spiro atoms. The highest BCUT2D eigenvalue weighted by Gasteiger charge is 2.07. The van der Waals surface area contributed by atoms with Crippen molar-refractivity contribution >= 4 is 27.6 Å². The van der Waals surface area contributed by atoms with Crippen LogP contribution in [0.2, 0.25) is 0 Å². The summed E-state index contributed by atoms with van der Waals surface area (Å²) in [5.74, 6) is -0.321. The van der Waals surface area contributed by atoms with Gasteiger partial charge >= 0.3 is 5.97 Å². The SMILES string of the molecule is COC(=O)Cc1ncc(N)cc1Br. The van der Waals surface area contributed by atoms with Crippen LogP contribution in [0, 0.1) is 0 Å². The molecule has 1 aromatic heterocycles. The summed E-state index contributed by atoms with van der Waals surface area (Å²) in [5, 5.41) is 0. The molecule has 0 aliphatic rings. The van der Waals surface area contributed by atoms with Gasteiger partial charge in [-0.3, -0.25) is 9.78 Å². The molecule has 0 aliphatic carbocycles.